The Morgan fingerprint density at radius 3 is 1.63 bits per heavy atom. The van der Waals surface area contributed by atoms with Gasteiger partial charge in [-0.25, -0.2) is 15.0 Å². The van der Waals surface area contributed by atoms with Crippen LogP contribution in [0.2, 0.25) is 0 Å². The van der Waals surface area contributed by atoms with Crippen molar-refractivity contribution in [1.82, 2.24) is 19.5 Å². The van der Waals surface area contributed by atoms with E-state index in [1.807, 2.05) is 36.4 Å². The fourth-order valence-corrected chi connectivity index (χ4v) is 9.15. The predicted octanol–water partition coefficient (Wildman–Crippen LogP) is 14.1. The fourth-order valence-electron chi connectivity index (χ4n) is 9.15. The summed E-state index contributed by atoms with van der Waals surface area (Å²) in [4.78, 5) is 16.1. The summed E-state index contributed by atoms with van der Waals surface area (Å²) in [7, 11) is 0. The zero-order valence-corrected chi connectivity index (χ0v) is 31.4. The van der Waals surface area contributed by atoms with E-state index in [9.17, 15) is 0 Å². The molecule has 0 atom stereocenters. The highest BCUT2D eigenvalue weighted by Gasteiger charge is 2.25. The molecule has 274 valence electrons. The second-order valence-corrected chi connectivity index (χ2v) is 15.1. The van der Waals surface area contributed by atoms with Crippen molar-refractivity contribution in [3.8, 4) is 39.9 Å². The molecule has 0 amide bonds. The van der Waals surface area contributed by atoms with Gasteiger partial charge >= 0.3 is 0 Å². The Bertz CT molecular complexity index is 3870. The Kier molecular flexibility index (Phi) is 6.63. The lowest BCUT2D eigenvalue weighted by molar-refractivity contribution is 0.666. The van der Waals surface area contributed by atoms with Crippen LogP contribution in [0.4, 0.5) is 0 Å². The first-order chi connectivity index (χ1) is 29.2. The van der Waals surface area contributed by atoms with Gasteiger partial charge in [-0.2, -0.15) is 0 Å². The zero-order valence-electron chi connectivity index (χ0n) is 31.4. The number of hydrogen-bond acceptors (Lipinski definition) is 5. The summed E-state index contributed by atoms with van der Waals surface area (Å²) < 4.78 is 15.9. The molecule has 59 heavy (non-hydrogen) atoms. The lowest BCUT2D eigenvalue weighted by Crippen LogP contribution is -2.04. The quantitative estimate of drug-likeness (QED) is 0.179. The van der Waals surface area contributed by atoms with Crippen LogP contribution in [0.15, 0.2) is 191 Å². The first kappa shape index (κ1) is 32.0. The van der Waals surface area contributed by atoms with Gasteiger partial charge in [0.1, 0.15) is 22.4 Å². The molecule has 0 aliphatic heterocycles. The third-order valence-corrected chi connectivity index (χ3v) is 11.8. The van der Waals surface area contributed by atoms with Crippen LogP contribution in [0, 0.1) is 0 Å². The summed E-state index contributed by atoms with van der Waals surface area (Å²) >= 11 is 0. The molecule has 6 nitrogen and oxygen atoms in total. The van der Waals surface area contributed by atoms with Crippen molar-refractivity contribution in [2.24, 2.45) is 0 Å². The van der Waals surface area contributed by atoms with Gasteiger partial charge < -0.3 is 13.4 Å². The van der Waals surface area contributed by atoms with Crippen molar-refractivity contribution in [1.29, 1.82) is 0 Å². The highest BCUT2D eigenvalue weighted by molar-refractivity contribution is 6.17. The van der Waals surface area contributed by atoms with Gasteiger partial charge in [-0.05, 0) is 70.1 Å². The Morgan fingerprint density at radius 2 is 0.847 bits per heavy atom. The van der Waals surface area contributed by atoms with E-state index >= 15 is 0 Å². The molecular weight excluding hydrogens is 725 g/mol. The molecule has 0 N–H and O–H groups in total. The van der Waals surface area contributed by atoms with E-state index < -0.39 is 0 Å². The maximum atomic E-state index is 6.93. The van der Waals surface area contributed by atoms with Crippen molar-refractivity contribution in [2.45, 2.75) is 0 Å². The monoisotopic (exact) mass is 754 g/mol. The van der Waals surface area contributed by atoms with Gasteiger partial charge in [-0.15, -0.1) is 0 Å². The number of para-hydroxylation sites is 4. The van der Waals surface area contributed by atoms with Crippen molar-refractivity contribution in [3.05, 3.63) is 182 Å². The van der Waals surface area contributed by atoms with Gasteiger partial charge in [0.2, 0.25) is 0 Å². The third-order valence-electron chi connectivity index (χ3n) is 11.8. The van der Waals surface area contributed by atoms with Crippen molar-refractivity contribution >= 4 is 87.2 Å². The molecule has 0 fully saturated rings. The summed E-state index contributed by atoms with van der Waals surface area (Å²) in [6.45, 7) is 0. The Labute approximate surface area is 336 Å². The summed E-state index contributed by atoms with van der Waals surface area (Å²) in [5.74, 6) is 1.61. The van der Waals surface area contributed by atoms with E-state index in [0.717, 1.165) is 104 Å². The average Bonchev–Trinajstić information content (AvgIpc) is 3.97. The van der Waals surface area contributed by atoms with Crippen LogP contribution >= 0.6 is 0 Å². The number of rotatable bonds is 4. The fraction of sp³-hybridized carbons (Fsp3) is 0. The maximum Gasteiger partial charge on any atom is 0.167 e. The molecule has 0 aliphatic rings. The molecule has 0 saturated carbocycles. The van der Waals surface area contributed by atoms with Gasteiger partial charge in [0.05, 0.1) is 16.6 Å². The molecule has 13 rings (SSSR count). The molecule has 6 heteroatoms. The van der Waals surface area contributed by atoms with Gasteiger partial charge in [-0.3, -0.25) is 0 Å². The summed E-state index contributed by atoms with van der Waals surface area (Å²) in [5.41, 5.74) is 8.63. The first-order valence-electron chi connectivity index (χ1n) is 19.8. The summed E-state index contributed by atoms with van der Waals surface area (Å²) in [6, 6.07) is 63.2. The topological polar surface area (TPSA) is 69.9 Å². The molecule has 0 radical (unpaired) electrons. The molecule has 0 spiro atoms. The summed E-state index contributed by atoms with van der Waals surface area (Å²) in [5, 5.41) is 10.9. The molecule has 0 saturated heterocycles. The van der Waals surface area contributed by atoms with Gasteiger partial charge in [0, 0.05) is 43.4 Å². The molecule has 4 aromatic heterocycles. The maximum absolute atomic E-state index is 6.93. The van der Waals surface area contributed by atoms with E-state index in [-0.39, 0.29) is 0 Å². The minimum Gasteiger partial charge on any atom is -0.455 e. The lowest BCUT2D eigenvalue weighted by atomic mass is 10.0. The van der Waals surface area contributed by atoms with Crippen LogP contribution in [0.1, 0.15) is 0 Å². The first-order valence-corrected chi connectivity index (χ1v) is 19.8. The van der Waals surface area contributed by atoms with Crippen molar-refractivity contribution in [3.63, 3.8) is 0 Å². The number of fused-ring (bicyclic) bond motifs is 11. The van der Waals surface area contributed by atoms with Crippen molar-refractivity contribution in [2.75, 3.05) is 0 Å². The van der Waals surface area contributed by atoms with Crippen LogP contribution < -0.4 is 0 Å². The minimum atomic E-state index is 0.520. The largest absolute Gasteiger partial charge is 0.455 e. The highest BCUT2D eigenvalue weighted by atomic mass is 16.3. The minimum absolute atomic E-state index is 0.520. The molecule has 0 aliphatic carbocycles. The Balaban J connectivity index is 1.18. The molecule has 0 bridgehead atoms. The van der Waals surface area contributed by atoms with E-state index in [0.29, 0.717) is 17.5 Å². The van der Waals surface area contributed by atoms with Gasteiger partial charge in [0.15, 0.2) is 23.1 Å². The number of benzene rings is 9. The van der Waals surface area contributed by atoms with Crippen LogP contribution in [0.25, 0.3) is 127 Å². The highest BCUT2D eigenvalue weighted by Crippen LogP contribution is 2.44. The van der Waals surface area contributed by atoms with E-state index in [1.165, 1.54) is 5.39 Å². The Morgan fingerprint density at radius 1 is 0.322 bits per heavy atom. The van der Waals surface area contributed by atoms with Crippen LogP contribution in [0.3, 0.4) is 0 Å². The zero-order chi connectivity index (χ0) is 38.6. The predicted molar refractivity (Wildman–Crippen MR) is 240 cm³/mol. The van der Waals surface area contributed by atoms with Crippen molar-refractivity contribution < 1.29 is 8.83 Å². The van der Waals surface area contributed by atoms with E-state index in [1.54, 1.807) is 0 Å². The van der Waals surface area contributed by atoms with Gasteiger partial charge in [0.25, 0.3) is 0 Å². The number of furan rings is 2. The lowest BCUT2D eigenvalue weighted by Gasteiger charge is -2.16. The standard InChI is InChI=1S/C53H30N4O2/c1-2-15-33-30-45-43(29-32(33)14-1)35-18-5-8-24-44(35)57(45)48-41(28-27-39-37-20-7-10-26-47(37)59-50(39)48)52-54-51(40-22-11-16-31-13-3-4-17-34(31)40)55-53(56-52)42-23-12-21-38-36-19-6-9-25-46(36)58-49(38)42/h1-30H. The Hall–Kier alpha value is -8.09. The number of hydrogen-bond donors (Lipinski definition) is 0. The third kappa shape index (κ3) is 4.71. The molecule has 13 aromatic rings. The van der Waals surface area contributed by atoms with Crippen LogP contribution in [0.5, 0.6) is 0 Å². The number of aromatic nitrogens is 4. The van der Waals surface area contributed by atoms with Crippen LogP contribution in [-0.4, -0.2) is 19.5 Å². The molecule has 0 unspecified atom stereocenters. The number of nitrogens with zero attached hydrogens (tertiary/aromatic N) is 4. The second kappa shape index (κ2) is 12.2. The normalized spacial score (nSPS) is 12.1. The van der Waals surface area contributed by atoms with Crippen LogP contribution in [-0.2, 0) is 0 Å². The summed E-state index contributed by atoms with van der Waals surface area (Å²) in [6.07, 6.45) is 0. The second-order valence-electron chi connectivity index (χ2n) is 15.1. The van der Waals surface area contributed by atoms with E-state index in [4.69, 9.17) is 23.8 Å². The molecule has 9 aromatic carbocycles. The smallest absolute Gasteiger partial charge is 0.167 e. The molecular formula is C53H30N4O2. The van der Waals surface area contributed by atoms with Gasteiger partial charge in [-0.1, -0.05) is 133 Å². The SMILES string of the molecule is c1ccc2cc3c(cc2c1)c1ccccc1n3-c1c(-c2nc(-c3cccc4ccccc34)nc(-c3cccc4c3oc3ccccc34)n2)ccc2c1oc1ccccc12. The molecule has 4 heterocycles. The van der Waals surface area contributed by atoms with E-state index in [2.05, 4.69) is 150 Å². The average molecular weight is 755 g/mol.